The van der Waals surface area contributed by atoms with Crippen LogP contribution in [0.4, 0.5) is 5.95 Å². The highest BCUT2D eigenvalue weighted by Crippen LogP contribution is 2.14. The largest absolute Gasteiger partial charge is 0.497 e. The number of aromatic nitrogens is 2. The summed E-state index contributed by atoms with van der Waals surface area (Å²) >= 11 is 0. The summed E-state index contributed by atoms with van der Waals surface area (Å²) in [4.78, 5) is 3.19. The molecule has 0 amide bonds. The summed E-state index contributed by atoms with van der Waals surface area (Å²) in [6, 6.07) is 16.1. The van der Waals surface area contributed by atoms with E-state index in [1.165, 1.54) is 5.56 Å². The molecule has 0 aliphatic carbocycles. The van der Waals surface area contributed by atoms with Crippen molar-refractivity contribution in [3.63, 3.8) is 0 Å². The standard InChI is InChI=1S/C15H15N3O/c1-19-12-8-6-11(7-9-12)10-18-14-5-3-2-4-13(14)17-15(18)16/h2-9H,10H2,1H3,(H2,16,17)/p+1. The lowest BCUT2D eigenvalue weighted by Gasteiger charge is -2.03. The third kappa shape index (κ3) is 2.12. The number of ether oxygens (including phenoxy) is 1. The molecular weight excluding hydrogens is 238 g/mol. The van der Waals surface area contributed by atoms with Gasteiger partial charge in [-0.15, -0.1) is 0 Å². The van der Waals surface area contributed by atoms with Crippen LogP contribution in [0.2, 0.25) is 0 Å². The van der Waals surface area contributed by atoms with Gasteiger partial charge in [-0.1, -0.05) is 24.3 Å². The Bertz CT molecular complexity index is 701. The van der Waals surface area contributed by atoms with Crippen LogP contribution in [0.15, 0.2) is 48.5 Å². The van der Waals surface area contributed by atoms with E-state index in [0.717, 1.165) is 23.3 Å². The fraction of sp³-hybridized carbons (Fsp3) is 0.133. The number of fused-ring (bicyclic) bond motifs is 1. The van der Waals surface area contributed by atoms with Crippen molar-refractivity contribution in [3.05, 3.63) is 54.1 Å². The number of nitrogens with two attached hydrogens (primary N) is 1. The average molecular weight is 254 g/mol. The number of methoxy groups -OCH3 is 1. The minimum atomic E-state index is 0.664. The molecule has 3 rings (SSSR count). The Labute approximate surface area is 111 Å². The summed E-state index contributed by atoms with van der Waals surface area (Å²) in [6.45, 7) is 0.736. The maximum Gasteiger partial charge on any atom is 0.353 e. The number of para-hydroxylation sites is 2. The summed E-state index contributed by atoms with van der Waals surface area (Å²) in [7, 11) is 1.67. The Morgan fingerprint density at radius 3 is 2.58 bits per heavy atom. The van der Waals surface area contributed by atoms with E-state index < -0.39 is 0 Å². The van der Waals surface area contributed by atoms with E-state index in [2.05, 4.69) is 15.6 Å². The van der Waals surface area contributed by atoms with E-state index in [4.69, 9.17) is 10.5 Å². The number of imidazole rings is 1. The van der Waals surface area contributed by atoms with Gasteiger partial charge in [0, 0.05) is 0 Å². The van der Waals surface area contributed by atoms with Crippen molar-refractivity contribution >= 4 is 17.0 Å². The molecule has 4 heteroatoms. The maximum atomic E-state index is 6.04. The normalized spacial score (nSPS) is 10.8. The Kier molecular flexibility index (Phi) is 2.83. The minimum Gasteiger partial charge on any atom is -0.497 e. The van der Waals surface area contributed by atoms with Crippen molar-refractivity contribution in [2.75, 3.05) is 12.8 Å². The van der Waals surface area contributed by atoms with Gasteiger partial charge in [0.2, 0.25) is 0 Å². The van der Waals surface area contributed by atoms with Gasteiger partial charge >= 0.3 is 5.95 Å². The second-order valence-corrected chi connectivity index (χ2v) is 4.46. The second kappa shape index (κ2) is 4.65. The molecule has 0 aliphatic rings. The van der Waals surface area contributed by atoms with Gasteiger partial charge in [0.1, 0.15) is 16.8 Å². The number of anilines is 1. The van der Waals surface area contributed by atoms with Gasteiger partial charge in [-0.05, 0) is 29.8 Å². The summed E-state index contributed by atoms with van der Waals surface area (Å²) in [5, 5.41) is 0. The van der Waals surface area contributed by atoms with E-state index in [-0.39, 0.29) is 0 Å². The molecule has 96 valence electrons. The zero-order chi connectivity index (χ0) is 13.2. The molecule has 2 aromatic carbocycles. The first-order valence-corrected chi connectivity index (χ1v) is 6.17. The first-order valence-electron chi connectivity index (χ1n) is 6.17. The lowest BCUT2D eigenvalue weighted by atomic mass is 10.2. The molecule has 3 N–H and O–H groups in total. The molecule has 0 radical (unpaired) electrons. The minimum absolute atomic E-state index is 0.664. The maximum absolute atomic E-state index is 6.04. The number of H-pyrrole nitrogens is 1. The predicted molar refractivity (Wildman–Crippen MR) is 75.0 cm³/mol. The van der Waals surface area contributed by atoms with Gasteiger partial charge in [-0.2, -0.15) is 0 Å². The summed E-state index contributed by atoms with van der Waals surface area (Å²) in [5.74, 6) is 1.53. The molecule has 0 bridgehead atoms. The molecule has 1 heterocycles. The quantitative estimate of drug-likeness (QED) is 0.703. The number of rotatable bonds is 3. The SMILES string of the molecule is COc1ccc(C[n+]2c(N)[nH]c3ccccc32)cc1. The fourth-order valence-electron chi connectivity index (χ4n) is 2.23. The molecule has 0 atom stereocenters. The number of hydrogen-bond acceptors (Lipinski definition) is 2. The highest BCUT2D eigenvalue weighted by molar-refractivity contribution is 5.72. The van der Waals surface area contributed by atoms with Crippen molar-refractivity contribution < 1.29 is 9.30 Å². The first-order chi connectivity index (χ1) is 9.28. The number of nitrogen functional groups attached to an aromatic ring is 1. The van der Waals surface area contributed by atoms with Gasteiger partial charge in [-0.25, -0.2) is 9.55 Å². The Hall–Kier alpha value is -2.49. The molecule has 0 unspecified atom stereocenters. The Morgan fingerprint density at radius 1 is 1.11 bits per heavy atom. The lowest BCUT2D eigenvalue weighted by Crippen LogP contribution is -2.36. The number of nitrogens with one attached hydrogen (secondary N) is 1. The van der Waals surface area contributed by atoms with Crippen molar-refractivity contribution in [1.29, 1.82) is 0 Å². The van der Waals surface area contributed by atoms with Crippen molar-refractivity contribution in [2.45, 2.75) is 6.54 Å². The van der Waals surface area contributed by atoms with E-state index >= 15 is 0 Å². The molecule has 1 aromatic heterocycles. The van der Waals surface area contributed by atoms with Crippen LogP contribution in [-0.4, -0.2) is 12.1 Å². The van der Waals surface area contributed by atoms with Crippen LogP contribution < -0.4 is 15.0 Å². The topological polar surface area (TPSA) is 54.9 Å². The van der Waals surface area contributed by atoms with Gasteiger partial charge in [0.25, 0.3) is 0 Å². The second-order valence-electron chi connectivity index (χ2n) is 4.46. The number of aromatic amines is 1. The van der Waals surface area contributed by atoms with E-state index in [1.807, 2.05) is 42.5 Å². The predicted octanol–water partition coefficient (Wildman–Crippen LogP) is 2.09. The monoisotopic (exact) mass is 254 g/mol. The van der Waals surface area contributed by atoms with E-state index in [0.29, 0.717) is 5.95 Å². The lowest BCUT2D eigenvalue weighted by molar-refractivity contribution is -0.647. The number of benzene rings is 2. The molecule has 0 aliphatic heterocycles. The van der Waals surface area contributed by atoms with Crippen LogP contribution >= 0.6 is 0 Å². The van der Waals surface area contributed by atoms with E-state index in [9.17, 15) is 0 Å². The average Bonchev–Trinajstić information content (AvgIpc) is 2.76. The molecule has 3 aromatic rings. The fourth-order valence-corrected chi connectivity index (χ4v) is 2.23. The molecule has 0 saturated heterocycles. The summed E-state index contributed by atoms with van der Waals surface area (Å²) in [5.41, 5.74) is 9.38. The van der Waals surface area contributed by atoms with Crippen LogP contribution in [-0.2, 0) is 6.54 Å². The molecule has 0 fully saturated rings. The van der Waals surface area contributed by atoms with Gasteiger partial charge in [-0.3, -0.25) is 5.73 Å². The van der Waals surface area contributed by atoms with Crippen LogP contribution in [0.3, 0.4) is 0 Å². The first kappa shape index (κ1) is 11.6. The zero-order valence-corrected chi connectivity index (χ0v) is 10.8. The molecular formula is C15H16N3O+. The highest BCUT2D eigenvalue weighted by Gasteiger charge is 2.13. The Morgan fingerprint density at radius 2 is 1.84 bits per heavy atom. The highest BCUT2D eigenvalue weighted by atomic mass is 16.5. The molecule has 0 spiro atoms. The third-order valence-electron chi connectivity index (χ3n) is 3.25. The smallest absolute Gasteiger partial charge is 0.353 e. The van der Waals surface area contributed by atoms with Crippen molar-refractivity contribution in [2.24, 2.45) is 0 Å². The van der Waals surface area contributed by atoms with Crippen LogP contribution in [0, 0.1) is 0 Å². The van der Waals surface area contributed by atoms with Crippen LogP contribution in [0.1, 0.15) is 5.56 Å². The van der Waals surface area contributed by atoms with Crippen LogP contribution in [0.25, 0.3) is 11.0 Å². The zero-order valence-electron chi connectivity index (χ0n) is 10.8. The van der Waals surface area contributed by atoms with Crippen molar-refractivity contribution in [1.82, 2.24) is 4.98 Å². The number of hydrogen-bond donors (Lipinski definition) is 2. The third-order valence-corrected chi connectivity index (χ3v) is 3.25. The van der Waals surface area contributed by atoms with E-state index in [1.54, 1.807) is 7.11 Å². The summed E-state index contributed by atoms with van der Waals surface area (Å²) in [6.07, 6.45) is 0. The molecule has 19 heavy (non-hydrogen) atoms. The Balaban J connectivity index is 1.98. The number of nitrogens with zero attached hydrogens (tertiary/aromatic N) is 1. The van der Waals surface area contributed by atoms with Crippen LogP contribution in [0.5, 0.6) is 5.75 Å². The molecule has 0 saturated carbocycles. The van der Waals surface area contributed by atoms with Gasteiger partial charge in [0.05, 0.1) is 13.7 Å². The van der Waals surface area contributed by atoms with Crippen molar-refractivity contribution in [3.8, 4) is 5.75 Å². The summed E-state index contributed by atoms with van der Waals surface area (Å²) < 4.78 is 7.23. The van der Waals surface area contributed by atoms with Gasteiger partial charge < -0.3 is 4.74 Å². The molecule has 4 nitrogen and oxygen atoms in total. The van der Waals surface area contributed by atoms with Gasteiger partial charge in [0.15, 0.2) is 0 Å².